The van der Waals surface area contributed by atoms with Gasteiger partial charge < -0.3 is 10.5 Å². The molecule has 0 spiro atoms. The van der Waals surface area contributed by atoms with E-state index in [0.29, 0.717) is 19.3 Å². The predicted octanol–water partition coefficient (Wildman–Crippen LogP) is 1.32. The van der Waals surface area contributed by atoms with E-state index in [9.17, 15) is 0 Å². The molecule has 1 unspecified atom stereocenters. The number of hydrogen-bond donors (Lipinski definition) is 1. The molecule has 0 bridgehead atoms. The van der Waals surface area contributed by atoms with Gasteiger partial charge in [-0.15, -0.1) is 0 Å². The van der Waals surface area contributed by atoms with Crippen LogP contribution in [0.5, 0.6) is 0 Å². The lowest BCUT2D eigenvalue weighted by Gasteiger charge is -2.06. The summed E-state index contributed by atoms with van der Waals surface area (Å²) in [6.45, 7) is 5.46. The lowest BCUT2D eigenvalue weighted by atomic mass is 10.3. The summed E-state index contributed by atoms with van der Waals surface area (Å²) in [4.78, 5) is 0. The number of rotatable bonds is 5. The van der Waals surface area contributed by atoms with E-state index in [4.69, 9.17) is 10.5 Å². The average molecular weight is 143 g/mol. The summed E-state index contributed by atoms with van der Waals surface area (Å²) >= 11 is 0. The molecule has 1 atom stereocenters. The Balaban J connectivity index is 3.10. The van der Waals surface area contributed by atoms with Gasteiger partial charge in [0.05, 0.1) is 12.7 Å². The molecule has 0 fully saturated rings. The Kier molecular flexibility index (Phi) is 6.55. The smallest absolute Gasteiger partial charge is 0.0651 e. The summed E-state index contributed by atoms with van der Waals surface area (Å²) in [7, 11) is 0. The van der Waals surface area contributed by atoms with Crippen LogP contribution in [0.2, 0.25) is 0 Å². The van der Waals surface area contributed by atoms with Crippen molar-refractivity contribution >= 4 is 0 Å². The molecule has 0 saturated carbocycles. The first kappa shape index (κ1) is 9.66. The lowest BCUT2D eigenvalue weighted by Crippen LogP contribution is -2.06. The SMILES string of the molecule is CCC(C)OC/C=C/CN. The van der Waals surface area contributed by atoms with Gasteiger partial charge in [0.15, 0.2) is 0 Å². The molecule has 0 aliphatic heterocycles. The summed E-state index contributed by atoms with van der Waals surface area (Å²) in [5.41, 5.74) is 5.24. The van der Waals surface area contributed by atoms with Gasteiger partial charge in [-0.3, -0.25) is 0 Å². The van der Waals surface area contributed by atoms with Crippen molar-refractivity contribution in [3.8, 4) is 0 Å². The third-order valence-corrected chi connectivity index (χ3v) is 1.35. The Bertz CT molecular complexity index is 91.3. The van der Waals surface area contributed by atoms with E-state index >= 15 is 0 Å². The van der Waals surface area contributed by atoms with E-state index in [-0.39, 0.29) is 0 Å². The van der Waals surface area contributed by atoms with E-state index in [1.54, 1.807) is 0 Å². The van der Waals surface area contributed by atoms with Gasteiger partial charge in [-0.2, -0.15) is 0 Å². The van der Waals surface area contributed by atoms with Crippen LogP contribution < -0.4 is 5.73 Å². The maximum absolute atomic E-state index is 5.35. The molecule has 0 aliphatic carbocycles. The molecule has 2 nitrogen and oxygen atoms in total. The van der Waals surface area contributed by atoms with Gasteiger partial charge in [-0.1, -0.05) is 19.1 Å². The molecule has 0 aromatic carbocycles. The summed E-state index contributed by atoms with van der Waals surface area (Å²) in [6.07, 6.45) is 5.28. The minimum atomic E-state index is 0.363. The van der Waals surface area contributed by atoms with E-state index in [1.165, 1.54) is 0 Å². The highest BCUT2D eigenvalue weighted by molar-refractivity contribution is 4.82. The number of hydrogen-bond acceptors (Lipinski definition) is 2. The van der Waals surface area contributed by atoms with Crippen LogP contribution in [0.4, 0.5) is 0 Å². The van der Waals surface area contributed by atoms with Crippen LogP contribution >= 0.6 is 0 Å². The maximum Gasteiger partial charge on any atom is 0.0651 e. The molecular formula is C8H17NO. The van der Waals surface area contributed by atoms with E-state index in [0.717, 1.165) is 6.42 Å². The van der Waals surface area contributed by atoms with Gasteiger partial charge in [0.2, 0.25) is 0 Å². The van der Waals surface area contributed by atoms with Gasteiger partial charge in [-0.05, 0) is 13.3 Å². The lowest BCUT2D eigenvalue weighted by molar-refractivity contribution is 0.0856. The highest BCUT2D eigenvalue weighted by Gasteiger charge is 1.93. The molecule has 10 heavy (non-hydrogen) atoms. The normalized spacial score (nSPS) is 14.3. The van der Waals surface area contributed by atoms with Crippen LogP contribution in [0.15, 0.2) is 12.2 Å². The van der Waals surface area contributed by atoms with Gasteiger partial charge in [0.1, 0.15) is 0 Å². The Hall–Kier alpha value is -0.340. The first-order valence-electron chi connectivity index (χ1n) is 3.78. The minimum Gasteiger partial charge on any atom is -0.374 e. The molecule has 0 aliphatic rings. The van der Waals surface area contributed by atoms with Crippen molar-refractivity contribution in [2.24, 2.45) is 5.73 Å². The van der Waals surface area contributed by atoms with E-state index in [1.807, 2.05) is 12.2 Å². The van der Waals surface area contributed by atoms with E-state index < -0.39 is 0 Å². The van der Waals surface area contributed by atoms with Gasteiger partial charge >= 0.3 is 0 Å². The third-order valence-electron chi connectivity index (χ3n) is 1.35. The van der Waals surface area contributed by atoms with Crippen LogP contribution in [0.1, 0.15) is 20.3 Å². The summed E-state index contributed by atoms with van der Waals surface area (Å²) < 4.78 is 5.35. The second kappa shape index (κ2) is 6.78. The Labute approximate surface area is 63.1 Å². The molecule has 0 radical (unpaired) electrons. The predicted molar refractivity (Wildman–Crippen MR) is 43.9 cm³/mol. The zero-order valence-electron chi connectivity index (χ0n) is 6.84. The standard InChI is InChI=1S/C8H17NO/c1-3-8(2)10-7-5-4-6-9/h4-5,8H,3,6-7,9H2,1-2H3/b5-4+. The average Bonchev–Trinajstić information content (AvgIpc) is 1.98. The second-order valence-electron chi connectivity index (χ2n) is 2.26. The molecule has 0 aromatic rings. The highest BCUT2D eigenvalue weighted by atomic mass is 16.5. The fraction of sp³-hybridized carbons (Fsp3) is 0.750. The molecule has 0 aromatic heterocycles. The zero-order valence-corrected chi connectivity index (χ0v) is 6.84. The van der Waals surface area contributed by atoms with Crippen molar-refractivity contribution < 1.29 is 4.74 Å². The fourth-order valence-electron chi connectivity index (χ4n) is 0.502. The van der Waals surface area contributed by atoms with Crippen molar-refractivity contribution in [2.45, 2.75) is 26.4 Å². The van der Waals surface area contributed by atoms with Crippen molar-refractivity contribution in [3.63, 3.8) is 0 Å². The van der Waals surface area contributed by atoms with Crippen LogP contribution in [0.3, 0.4) is 0 Å². The van der Waals surface area contributed by atoms with Gasteiger partial charge in [0.25, 0.3) is 0 Å². The zero-order chi connectivity index (χ0) is 7.82. The highest BCUT2D eigenvalue weighted by Crippen LogP contribution is 1.94. The van der Waals surface area contributed by atoms with Crippen LogP contribution in [0.25, 0.3) is 0 Å². The molecule has 2 heteroatoms. The first-order chi connectivity index (χ1) is 4.81. The Morgan fingerprint density at radius 1 is 1.50 bits per heavy atom. The molecule has 0 heterocycles. The van der Waals surface area contributed by atoms with Crippen LogP contribution in [-0.4, -0.2) is 19.3 Å². The molecule has 0 saturated heterocycles. The van der Waals surface area contributed by atoms with Crippen LogP contribution in [0, 0.1) is 0 Å². The minimum absolute atomic E-state index is 0.363. The van der Waals surface area contributed by atoms with Crippen LogP contribution in [-0.2, 0) is 4.74 Å². The second-order valence-corrected chi connectivity index (χ2v) is 2.26. The third kappa shape index (κ3) is 5.79. The first-order valence-corrected chi connectivity index (χ1v) is 3.78. The monoisotopic (exact) mass is 143 g/mol. The largest absolute Gasteiger partial charge is 0.374 e. The quantitative estimate of drug-likeness (QED) is 0.589. The Morgan fingerprint density at radius 2 is 2.20 bits per heavy atom. The number of ether oxygens (including phenoxy) is 1. The maximum atomic E-state index is 5.35. The molecule has 0 rings (SSSR count). The molecule has 60 valence electrons. The number of nitrogens with two attached hydrogens (primary N) is 1. The van der Waals surface area contributed by atoms with Crippen molar-refractivity contribution in [2.75, 3.05) is 13.2 Å². The fourth-order valence-corrected chi connectivity index (χ4v) is 0.502. The van der Waals surface area contributed by atoms with Crippen molar-refractivity contribution in [1.29, 1.82) is 0 Å². The van der Waals surface area contributed by atoms with Crippen molar-refractivity contribution in [1.82, 2.24) is 0 Å². The topological polar surface area (TPSA) is 35.2 Å². The molecule has 2 N–H and O–H groups in total. The van der Waals surface area contributed by atoms with E-state index in [2.05, 4.69) is 13.8 Å². The Morgan fingerprint density at radius 3 is 2.70 bits per heavy atom. The summed E-state index contributed by atoms with van der Waals surface area (Å²) in [6, 6.07) is 0. The molecular weight excluding hydrogens is 126 g/mol. The summed E-state index contributed by atoms with van der Waals surface area (Å²) in [5, 5.41) is 0. The summed E-state index contributed by atoms with van der Waals surface area (Å²) in [5.74, 6) is 0. The van der Waals surface area contributed by atoms with Crippen molar-refractivity contribution in [3.05, 3.63) is 12.2 Å². The van der Waals surface area contributed by atoms with Gasteiger partial charge in [-0.25, -0.2) is 0 Å². The van der Waals surface area contributed by atoms with Gasteiger partial charge in [0, 0.05) is 6.54 Å². The molecule has 0 amide bonds.